The van der Waals surface area contributed by atoms with E-state index in [1.165, 1.54) is 6.20 Å². The predicted molar refractivity (Wildman–Crippen MR) is 116 cm³/mol. The average Bonchev–Trinajstić information content (AvgIpc) is 2.78. The summed E-state index contributed by atoms with van der Waals surface area (Å²) in [4.78, 5) is 31.9. The van der Waals surface area contributed by atoms with E-state index in [4.69, 9.17) is 4.74 Å². The van der Waals surface area contributed by atoms with Gasteiger partial charge in [0.05, 0.1) is 23.8 Å². The molecule has 2 aliphatic heterocycles. The maximum Gasteiger partial charge on any atom is 0.366 e. The van der Waals surface area contributed by atoms with Gasteiger partial charge in [-0.2, -0.15) is 0 Å². The van der Waals surface area contributed by atoms with E-state index in [1.54, 1.807) is 12.1 Å². The average molecular weight is 425 g/mol. The first kappa shape index (κ1) is 21.4. The Hall–Kier alpha value is -2.84. The highest BCUT2D eigenvalue weighted by molar-refractivity contribution is 5.94. The highest BCUT2D eigenvalue weighted by Crippen LogP contribution is 2.33. The van der Waals surface area contributed by atoms with E-state index in [0.29, 0.717) is 30.6 Å². The number of ether oxygens (including phenoxy) is 1. The molecule has 4 rings (SSSR count). The molecule has 31 heavy (non-hydrogen) atoms. The topological polar surface area (TPSA) is 88.8 Å². The van der Waals surface area contributed by atoms with Crippen LogP contribution in [-0.2, 0) is 11.2 Å². The lowest BCUT2D eigenvalue weighted by atomic mass is 9.88. The van der Waals surface area contributed by atoms with E-state index in [2.05, 4.69) is 9.88 Å². The van der Waals surface area contributed by atoms with Gasteiger partial charge in [-0.05, 0) is 60.4 Å². The Morgan fingerprint density at radius 2 is 1.97 bits per heavy atom. The maximum absolute atomic E-state index is 13.0. The molecule has 3 heterocycles. The molecule has 2 saturated heterocycles. The van der Waals surface area contributed by atoms with Crippen LogP contribution in [0.25, 0.3) is 0 Å². The highest BCUT2D eigenvalue weighted by Gasteiger charge is 2.43. The second kappa shape index (κ2) is 9.11. The molecule has 1 aromatic heterocycles. The highest BCUT2D eigenvalue weighted by atomic mass is 16.6. The molecule has 8 nitrogen and oxygen atoms in total. The Morgan fingerprint density at radius 1 is 1.23 bits per heavy atom. The molecule has 8 heteroatoms. The number of benzene rings is 1. The summed E-state index contributed by atoms with van der Waals surface area (Å²) in [5, 5.41) is 11.2. The number of rotatable bonds is 5. The number of aromatic nitrogens is 1. The minimum absolute atomic E-state index is 0.00833. The molecule has 2 aliphatic rings. The van der Waals surface area contributed by atoms with Crippen LogP contribution < -0.4 is 0 Å². The van der Waals surface area contributed by atoms with Crippen LogP contribution in [-0.4, -0.2) is 70.0 Å². The zero-order valence-corrected chi connectivity index (χ0v) is 17.8. The number of nitrogens with zero attached hydrogens (tertiary/aromatic N) is 4. The second-order valence-corrected chi connectivity index (χ2v) is 8.50. The monoisotopic (exact) mass is 424 g/mol. The van der Waals surface area contributed by atoms with Crippen molar-refractivity contribution in [1.29, 1.82) is 0 Å². The summed E-state index contributed by atoms with van der Waals surface area (Å²) in [6, 6.07) is 12.9. The minimum Gasteiger partial charge on any atom is -0.368 e. The third-order valence-electron chi connectivity index (χ3n) is 6.22. The molecular formula is C23H28N4O4. The van der Waals surface area contributed by atoms with E-state index < -0.39 is 4.92 Å². The van der Waals surface area contributed by atoms with Crippen molar-refractivity contribution in [2.45, 2.75) is 37.9 Å². The molecule has 0 radical (unpaired) electrons. The van der Waals surface area contributed by atoms with E-state index in [-0.39, 0.29) is 23.4 Å². The number of carbonyl (C=O) groups is 1. The molecule has 0 saturated carbocycles. The van der Waals surface area contributed by atoms with Crippen LogP contribution >= 0.6 is 0 Å². The van der Waals surface area contributed by atoms with Gasteiger partial charge in [-0.3, -0.25) is 4.79 Å². The lowest BCUT2D eigenvalue weighted by Gasteiger charge is -2.49. The van der Waals surface area contributed by atoms with Crippen LogP contribution in [0, 0.1) is 10.1 Å². The second-order valence-electron chi connectivity index (χ2n) is 8.50. The summed E-state index contributed by atoms with van der Waals surface area (Å²) < 4.78 is 6.37. The van der Waals surface area contributed by atoms with Gasteiger partial charge in [0.15, 0.2) is 0 Å². The minimum atomic E-state index is -0.421. The molecule has 0 aliphatic carbocycles. The van der Waals surface area contributed by atoms with Gasteiger partial charge >= 0.3 is 5.82 Å². The van der Waals surface area contributed by atoms with Gasteiger partial charge in [0, 0.05) is 31.7 Å². The van der Waals surface area contributed by atoms with Crippen molar-refractivity contribution in [1.82, 2.24) is 14.8 Å². The van der Waals surface area contributed by atoms with Crippen molar-refractivity contribution < 1.29 is 14.5 Å². The van der Waals surface area contributed by atoms with Crippen LogP contribution in [0.2, 0.25) is 0 Å². The molecule has 1 unspecified atom stereocenters. The molecule has 1 atom stereocenters. The first-order valence-corrected chi connectivity index (χ1v) is 10.8. The van der Waals surface area contributed by atoms with Crippen molar-refractivity contribution in [3.8, 4) is 0 Å². The van der Waals surface area contributed by atoms with Crippen LogP contribution in [0.3, 0.4) is 0 Å². The summed E-state index contributed by atoms with van der Waals surface area (Å²) >= 11 is 0. The van der Waals surface area contributed by atoms with Crippen LogP contribution in [0.1, 0.15) is 35.7 Å². The first-order chi connectivity index (χ1) is 15.0. The van der Waals surface area contributed by atoms with Crippen LogP contribution in [0.5, 0.6) is 0 Å². The third kappa shape index (κ3) is 4.91. The quantitative estimate of drug-likeness (QED) is 0.542. The van der Waals surface area contributed by atoms with E-state index in [9.17, 15) is 14.9 Å². The van der Waals surface area contributed by atoms with E-state index in [1.807, 2.05) is 42.2 Å². The summed E-state index contributed by atoms with van der Waals surface area (Å²) in [6.07, 6.45) is 3.71. The molecule has 164 valence electrons. The molecule has 0 bridgehead atoms. The van der Waals surface area contributed by atoms with Gasteiger partial charge in [-0.25, -0.2) is 0 Å². The van der Waals surface area contributed by atoms with Gasteiger partial charge < -0.3 is 24.7 Å². The summed E-state index contributed by atoms with van der Waals surface area (Å²) in [7, 11) is 0. The Bertz CT molecular complexity index is 928. The number of likely N-dealkylation sites (tertiary alicyclic amines) is 1. The van der Waals surface area contributed by atoms with Crippen molar-refractivity contribution in [2.75, 3.05) is 32.7 Å². The van der Waals surface area contributed by atoms with E-state index in [0.717, 1.165) is 32.5 Å². The fourth-order valence-electron chi connectivity index (χ4n) is 4.67. The fraction of sp³-hybridized carbons (Fsp3) is 0.478. The molecule has 0 N–H and O–H groups in total. The predicted octanol–water partition coefficient (Wildman–Crippen LogP) is 2.93. The summed E-state index contributed by atoms with van der Waals surface area (Å²) in [6.45, 7) is 5.66. The van der Waals surface area contributed by atoms with Crippen LogP contribution in [0.4, 0.5) is 5.82 Å². The molecule has 2 fully saturated rings. The lowest BCUT2D eigenvalue weighted by molar-refractivity contribution is -0.390. The molecular weight excluding hydrogens is 396 g/mol. The van der Waals surface area contributed by atoms with Crippen LogP contribution in [0.15, 0.2) is 48.7 Å². The smallest absolute Gasteiger partial charge is 0.366 e. The Morgan fingerprint density at radius 3 is 2.68 bits per heavy atom. The Labute approximate surface area is 182 Å². The number of morpholine rings is 1. The van der Waals surface area contributed by atoms with Gasteiger partial charge in [-0.15, -0.1) is 0 Å². The Kier molecular flexibility index (Phi) is 6.29. The largest absolute Gasteiger partial charge is 0.368 e. The zero-order chi connectivity index (χ0) is 21.8. The van der Waals surface area contributed by atoms with Crippen molar-refractivity contribution >= 4 is 11.7 Å². The number of amides is 1. The standard InChI is InChI=1S/C23H28N4O4/c1-18-16-26(22(28)20-6-3-2-4-7-20)17-23(31-18)10-14-25(15-11-23)13-9-19-8-5-12-24-21(19)27(29)30/h2-8,12,18H,9-11,13-17H2,1H3. The van der Waals surface area contributed by atoms with Gasteiger partial charge in [-0.1, -0.05) is 18.2 Å². The summed E-state index contributed by atoms with van der Waals surface area (Å²) in [5.41, 5.74) is 1.05. The van der Waals surface area contributed by atoms with Crippen molar-refractivity contribution in [3.63, 3.8) is 0 Å². The number of hydrogen-bond acceptors (Lipinski definition) is 6. The third-order valence-corrected chi connectivity index (χ3v) is 6.22. The molecule has 1 spiro atoms. The first-order valence-electron chi connectivity index (χ1n) is 10.8. The number of pyridine rings is 1. The molecule has 1 amide bonds. The van der Waals surface area contributed by atoms with Crippen molar-refractivity contribution in [2.24, 2.45) is 0 Å². The number of piperidine rings is 1. The summed E-state index contributed by atoms with van der Waals surface area (Å²) in [5.74, 6) is -0.00285. The van der Waals surface area contributed by atoms with Gasteiger partial charge in [0.1, 0.15) is 6.20 Å². The number of carbonyl (C=O) groups excluding carboxylic acids is 1. The molecule has 2 aromatic rings. The zero-order valence-electron chi connectivity index (χ0n) is 17.8. The Balaban J connectivity index is 1.36. The van der Waals surface area contributed by atoms with Gasteiger partial charge in [0.2, 0.25) is 0 Å². The van der Waals surface area contributed by atoms with Gasteiger partial charge in [0.25, 0.3) is 5.91 Å². The fourth-order valence-corrected chi connectivity index (χ4v) is 4.67. The van der Waals surface area contributed by atoms with E-state index >= 15 is 0 Å². The number of nitro groups is 1. The SMILES string of the molecule is CC1CN(C(=O)c2ccccc2)CC2(CCN(CCc3cccnc3[N+](=O)[O-])CC2)O1. The molecule has 1 aromatic carbocycles. The normalized spacial score (nSPS) is 21.2. The lowest BCUT2D eigenvalue weighted by Crippen LogP contribution is -2.60. The number of hydrogen-bond donors (Lipinski definition) is 0. The van der Waals surface area contributed by atoms with Crippen molar-refractivity contribution in [3.05, 3.63) is 69.9 Å². The maximum atomic E-state index is 13.0.